The molecule has 1 aromatic rings. The molecule has 14 heavy (non-hydrogen) atoms. The molecule has 0 unspecified atom stereocenters. The molecule has 1 saturated carbocycles. The van der Waals surface area contributed by atoms with Crippen LogP contribution in [-0.4, -0.2) is 5.11 Å². The summed E-state index contributed by atoms with van der Waals surface area (Å²) in [6.07, 6.45) is 2.33. The lowest BCUT2D eigenvalue weighted by atomic mass is 9.89. The summed E-state index contributed by atoms with van der Waals surface area (Å²) in [5.74, 6) is 0.476. The smallest absolute Gasteiger partial charge is 0.0896 e. The minimum atomic E-state index is -0.614. The maximum Gasteiger partial charge on any atom is 0.0896 e. The fourth-order valence-corrected chi connectivity index (χ4v) is 2.15. The normalized spacial score (nSPS) is 20.6. The maximum absolute atomic E-state index is 10.4. The van der Waals surface area contributed by atoms with Gasteiger partial charge < -0.3 is 5.11 Å². The van der Waals surface area contributed by atoms with E-state index in [1.165, 1.54) is 24.0 Å². The Labute approximate surface area is 85.8 Å². The molecule has 0 saturated heterocycles. The summed E-state index contributed by atoms with van der Waals surface area (Å²) in [6, 6.07) is 6.35. The molecule has 2 rings (SSSR count). The van der Waals surface area contributed by atoms with Gasteiger partial charge in [0.15, 0.2) is 0 Å². The number of aliphatic hydroxyl groups is 1. The topological polar surface area (TPSA) is 20.2 Å². The third-order valence-electron chi connectivity index (χ3n) is 3.18. The molecule has 1 aliphatic rings. The quantitative estimate of drug-likeness (QED) is 0.760. The van der Waals surface area contributed by atoms with E-state index in [-0.39, 0.29) is 0 Å². The summed E-state index contributed by atoms with van der Waals surface area (Å²) in [4.78, 5) is 0. The lowest BCUT2D eigenvalue weighted by Crippen LogP contribution is -2.23. The summed E-state index contributed by atoms with van der Waals surface area (Å²) in [5.41, 5.74) is 2.94. The molecule has 1 aliphatic carbocycles. The maximum atomic E-state index is 10.4. The average Bonchev–Trinajstić information content (AvgIpc) is 2.83. The molecule has 76 valence electrons. The monoisotopic (exact) mass is 190 g/mol. The third kappa shape index (κ3) is 1.69. The van der Waals surface area contributed by atoms with Gasteiger partial charge in [0, 0.05) is 0 Å². The Hall–Kier alpha value is -0.820. The highest BCUT2D eigenvalue weighted by Gasteiger charge is 2.41. The van der Waals surface area contributed by atoms with Crippen LogP contribution in [-0.2, 0) is 5.60 Å². The first kappa shape index (κ1) is 9.72. The van der Waals surface area contributed by atoms with E-state index in [9.17, 15) is 5.11 Å². The number of benzene rings is 1. The zero-order chi connectivity index (χ0) is 10.3. The van der Waals surface area contributed by atoms with E-state index in [4.69, 9.17) is 0 Å². The molecule has 0 bridgehead atoms. The first-order valence-corrected chi connectivity index (χ1v) is 5.31. The molecule has 0 aliphatic heterocycles. The fraction of sp³-hybridized carbons (Fsp3) is 0.538. The summed E-state index contributed by atoms with van der Waals surface area (Å²) >= 11 is 0. The van der Waals surface area contributed by atoms with Gasteiger partial charge in [-0.15, -0.1) is 0 Å². The van der Waals surface area contributed by atoms with Crippen LogP contribution in [0.25, 0.3) is 0 Å². The molecule has 1 atom stereocenters. The number of hydrogen-bond acceptors (Lipinski definition) is 1. The van der Waals surface area contributed by atoms with E-state index in [0.717, 1.165) is 5.56 Å². The summed E-state index contributed by atoms with van der Waals surface area (Å²) < 4.78 is 0. The van der Waals surface area contributed by atoms with Gasteiger partial charge in [-0.1, -0.05) is 29.3 Å². The Morgan fingerprint density at radius 1 is 1.14 bits per heavy atom. The third-order valence-corrected chi connectivity index (χ3v) is 3.18. The second kappa shape index (κ2) is 3.09. The van der Waals surface area contributed by atoms with E-state index in [1.807, 2.05) is 6.92 Å². The van der Waals surface area contributed by atoms with Crippen LogP contribution in [0.15, 0.2) is 18.2 Å². The van der Waals surface area contributed by atoms with Crippen molar-refractivity contribution in [3.63, 3.8) is 0 Å². The standard InChI is InChI=1S/C13H18O/c1-9-6-10(2)8-12(7-9)13(3,14)11-4-5-11/h6-8,11,14H,4-5H2,1-3H3/t13-/m0/s1. The van der Waals surface area contributed by atoms with Crippen LogP contribution in [0.5, 0.6) is 0 Å². The van der Waals surface area contributed by atoms with Crippen molar-refractivity contribution in [3.05, 3.63) is 34.9 Å². The van der Waals surface area contributed by atoms with Crippen molar-refractivity contribution in [3.8, 4) is 0 Å². The van der Waals surface area contributed by atoms with Gasteiger partial charge in [-0.05, 0) is 45.1 Å². The molecule has 1 N–H and O–H groups in total. The van der Waals surface area contributed by atoms with Crippen LogP contribution < -0.4 is 0 Å². The average molecular weight is 190 g/mol. The van der Waals surface area contributed by atoms with Crippen LogP contribution >= 0.6 is 0 Å². The lowest BCUT2D eigenvalue weighted by Gasteiger charge is -2.24. The van der Waals surface area contributed by atoms with Gasteiger partial charge >= 0.3 is 0 Å². The lowest BCUT2D eigenvalue weighted by molar-refractivity contribution is 0.0330. The molecule has 1 aromatic carbocycles. The Kier molecular flexibility index (Phi) is 2.15. The molecule has 0 aromatic heterocycles. The molecule has 0 heterocycles. The van der Waals surface area contributed by atoms with Crippen LogP contribution in [0.1, 0.15) is 36.5 Å². The largest absolute Gasteiger partial charge is 0.385 e. The van der Waals surface area contributed by atoms with Crippen molar-refractivity contribution in [2.75, 3.05) is 0 Å². The van der Waals surface area contributed by atoms with Gasteiger partial charge in [0.25, 0.3) is 0 Å². The molecular weight excluding hydrogens is 172 g/mol. The van der Waals surface area contributed by atoms with Crippen LogP contribution in [0.4, 0.5) is 0 Å². The Bertz CT molecular complexity index is 328. The predicted octanol–water partition coefficient (Wildman–Crippen LogP) is 2.92. The van der Waals surface area contributed by atoms with Gasteiger partial charge in [-0.3, -0.25) is 0 Å². The van der Waals surface area contributed by atoms with Gasteiger partial charge in [0.05, 0.1) is 5.60 Å². The first-order valence-electron chi connectivity index (χ1n) is 5.31. The van der Waals surface area contributed by atoms with Crippen molar-refractivity contribution in [2.45, 2.75) is 39.2 Å². The number of rotatable bonds is 2. The second-order valence-electron chi connectivity index (χ2n) is 4.80. The highest BCUT2D eigenvalue weighted by molar-refractivity contribution is 5.33. The molecular formula is C13H18O. The first-order chi connectivity index (χ1) is 6.50. The van der Waals surface area contributed by atoms with Gasteiger partial charge in [0.2, 0.25) is 0 Å². The summed E-state index contributed by atoms with van der Waals surface area (Å²) in [6.45, 7) is 6.11. The van der Waals surface area contributed by atoms with E-state index in [0.29, 0.717) is 5.92 Å². The minimum Gasteiger partial charge on any atom is -0.385 e. The van der Waals surface area contributed by atoms with E-state index in [2.05, 4.69) is 32.0 Å². The van der Waals surface area contributed by atoms with Crippen molar-refractivity contribution in [1.29, 1.82) is 0 Å². The van der Waals surface area contributed by atoms with Crippen LogP contribution in [0.2, 0.25) is 0 Å². The Morgan fingerprint density at radius 2 is 1.64 bits per heavy atom. The van der Waals surface area contributed by atoms with Crippen molar-refractivity contribution < 1.29 is 5.11 Å². The van der Waals surface area contributed by atoms with Gasteiger partial charge in [-0.25, -0.2) is 0 Å². The summed E-state index contributed by atoms with van der Waals surface area (Å²) in [5, 5.41) is 10.4. The van der Waals surface area contributed by atoms with Crippen molar-refractivity contribution in [1.82, 2.24) is 0 Å². The Balaban J connectivity index is 2.39. The number of aryl methyl sites for hydroxylation is 2. The van der Waals surface area contributed by atoms with Crippen molar-refractivity contribution in [2.24, 2.45) is 5.92 Å². The Morgan fingerprint density at radius 3 is 2.07 bits per heavy atom. The van der Waals surface area contributed by atoms with Gasteiger partial charge in [0.1, 0.15) is 0 Å². The molecule has 1 heteroatoms. The molecule has 0 amide bonds. The molecule has 1 nitrogen and oxygen atoms in total. The second-order valence-corrected chi connectivity index (χ2v) is 4.80. The molecule has 0 spiro atoms. The zero-order valence-corrected chi connectivity index (χ0v) is 9.17. The van der Waals surface area contributed by atoms with E-state index < -0.39 is 5.60 Å². The van der Waals surface area contributed by atoms with E-state index >= 15 is 0 Å². The van der Waals surface area contributed by atoms with Crippen molar-refractivity contribution >= 4 is 0 Å². The minimum absolute atomic E-state index is 0.476. The fourth-order valence-electron chi connectivity index (χ4n) is 2.15. The molecule has 0 radical (unpaired) electrons. The van der Waals surface area contributed by atoms with E-state index in [1.54, 1.807) is 0 Å². The van der Waals surface area contributed by atoms with Gasteiger partial charge in [-0.2, -0.15) is 0 Å². The summed E-state index contributed by atoms with van der Waals surface area (Å²) in [7, 11) is 0. The highest BCUT2D eigenvalue weighted by Crippen LogP contribution is 2.45. The number of hydrogen-bond donors (Lipinski definition) is 1. The highest BCUT2D eigenvalue weighted by atomic mass is 16.3. The SMILES string of the molecule is Cc1cc(C)cc([C@@](C)(O)C2CC2)c1. The van der Waals surface area contributed by atoms with Crippen LogP contribution in [0.3, 0.4) is 0 Å². The molecule has 1 fully saturated rings. The predicted molar refractivity (Wildman–Crippen MR) is 58.2 cm³/mol. The van der Waals surface area contributed by atoms with Crippen LogP contribution in [0, 0.1) is 19.8 Å². The zero-order valence-electron chi connectivity index (χ0n) is 9.17.